The Kier molecular flexibility index (Phi) is 3.30. The maximum Gasteiger partial charge on any atom is 0.0369 e. The Morgan fingerprint density at radius 2 is 1.67 bits per heavy atom. The molecule has 1 aliphatic rings. The minimum atomic E-state index is 1.16. The summed E-state index contributed by atoms with van der Waals surface area (Å²) >= 11 is 0. The maximum atomic E-state index is 2.51. The van der Waals surface area contributed by atoms with Crippen molar-refractivity contribution in [2.75, 3.05) is 18.0 Å². The molecule has 1 heterocycles. The first-order chi connectivity index (χ1) is 7.35. The zero-order chi connectivity index (χ0) is 10.7. The van der Waals surface area contributed by atoms with Crippen molar-refractivity contribution >= 4 is 5.69 Å². The van der Waals surface area contributed by atoms with Crippen molar-refractivity contribution in [1.29, 1.82) is 0 Å². The predicted octanol–water partition coefficient (Wildman–Crippen LogP) is 3.41. The fourth-order valence-corrected chi connectivity index (χ4v) is 2.46. The summed E-state index contributed by atoms with van der Waals surface area (Å²) in [6, 6.07) is 7.00. The van der Waals surface area contributed by atoms with Crippen LogP contribution in [-0.4, -0.2) is 13.1 Å². The zero-order valence-corrected chi connectivity index (χ0v) is 9.92. The van der Waals surface area contributed by atoms with Crippen LogP contribution in [0, 0.1) is 0 Å². The van der Waals surface area contributed by atoms with Crippen LogP contribution in [0.4, 0.5) is 5.69 Å². The zero-order valence-electron chi connectivity index (χ0n) is 9.92. The van der Waals surface area contributed by atoms with E-state index in [9.17, 15) is 0 Å². The molecule has 15 heavy (non-hydrogen) atoms. The standard InChI is InChI=1S/C14H21N/c1-3-12-7-8-14(11-13(12)4-2)15-9-5-6-10-15/h7-8,11H,3-6,9-10H2,1-2H3. The van der Waals surface area contributed by atoms with Crippen LogP contribution in [0.15, 0.2) is 18.2 Å². The second-order valence-corrected chi connectivity index (χ2v) is 4.35. The van der Waals surface area contributed by atoms with Crippen LogP contribution >= 0.6 is 0 Å². The Hall–Kier alpha value is -0.980. The average molecular weight is 203 g/mol. The molecule has 0 spiro atoms. The molecule has 1 aromatic carbocycles. The van der Waals surface area contributed by atoms with Crippen LogP contribution in [0.5, 0.6) is 0 Å². The molecule has 1 aromatic rings. The molecule has 1 aliphatic heterocycles. The summed E-state index contributed by atoms with van der Waals surface area (Å²) in [6.45, 7) is 6.98. The minimum absolute atomic E-state index is 1.16. The van der Waals surface area contributed by atoms with Gasteiger partial charge in [-0.25, -0.2) is 0 Å². The monoisotopic (exact) mass is 203 g/mol. The normalized spacial score (nSPS) is 16.0. The highest BCUT2D eigenvalue weighted by Crippen LogP contribution is 2.23. The molecular weight excluding hydrogens is 182 g/mol. The number of nitrogens with zero attached hydrogens (tertiary/aromatic N) is 1. The Labute approximate surface area is 93.1 Å². The number of rotatable bonds is 3. The van der Waals surface area contributed by atoms with E-state index in [0.717, 1.165) is 12.8 Å². The van der Waals surface area contributed by atoms with E-state index in [4.69, 9.17) is 0 Å². The smallest absolute Gasteiger partial charge is 0.0369 e. The van der Waals surface area contributed by atoms with Gasteiger partial charge in [0, 0.05) is 18.8 Å². The van der Waals surface area contributed by atoms with Gasteiger partial charge in [-0.1, -0.05) is 19.9 Å². The average Bonchev–Trinajstić information content (AvgIpc) is 2.81. The van der Waals surface area contributed by atoms with Gasteiger partial charge in [-0.05, 0) is 48.9 Å². The lowest BCUT2D eigenvalue weighted by Gasteiger charge is -2.19. The summed E-state index contributed by atoms with van der Waals surface area (Å²) in [5, 5.41) is 0. The van der Waals surface area contributed by atoms with Crippen LogP contribution in [0.2, 0.25) is 0 Å². The highest BCUT2D eigenvalue weighted by Gasteiger charge is 2.12. The SMILES string of the molecule is CCc1ccc(N2CCCC2)cc1CC. The summed E-state index contributed by atoms with van der Waals surface area (Å²) in [5.41, 5.74) is 4.48. The van der Waals surface area contributed by atoms with Gasteiger partial charge in [0.15, 0.2) is 0 Å². The van der Waals surface area contributed by atoms with Crippen LogP contribution in [0.25, 0.3) is 0 Å². The molecule has 0 atom stereocenters. The molecule has 0 saturated carbocycles. The van der Waals surface area contributed by atoms with Gasteiger partial charge in [0.25, 0.3) is 0 Å². The van der Waals surface area contributed by atoms with Gasteiger partial charge < -0.3 is 4.90 Å². The first-order valence-electron chi connectivity index (χ1n) is 6.22. The molecule has 0 unspecified atom stereocenters. The fraction of sp³-hybridized carbons (Fsp3) is 0.571. The lowest BCUT2D eigenvalue weighted by atomic mass is 10.0. The Morgan fingerprint density at radius 3 is 2.27 bits per heavy atom. The van der Waals surface area contributed by atoms with Crippen molar-refractivity contribution < 1.29 is 0 Å². The Balaban J connectivity index is 2.25. The lowest BCUT2D eigenvalue weighted by Crippen LogP contribution is -2.17. The molecule has 82 valence electrons. The van der Waals surface area contributed by atoms with Crippen molar-refractivity contribution in [3.8, 4) is 0 Å². The topological polar surface area (TPSA) is 3.24 Å². The second kappa shape index (κ2) is 4.69. The quantitative estimate of drug-likeness (QED) is 0.727. The summed E-state index contributed by atoms with van der Waals surface area (Å²) in [6.07, 6.45) is 5.03. The third kappa shape index (κ3) is 2.17. The summed E-state index contributed by atoms with van der Waals surface area (Å²) in [7, 11) is 0. The molecule has 0 aromatic heterocycles. The second-order valence-electron chi connectivity index (χ2n) is 4.35. The van der Waals surface area contributed by atoms with E-state index in [1.807, 2.05) is 0 Å². The van der Waals surface area contributed by atoms with Crippen molar-refractivity contribution in [2.45, 2.75) is 39.5 Å². The summed E-state index contributed by atoms with van der Waals surface area (Å²) in [4.78, 5) is 2.51. The maximum absolute atomic E-state index is 2.51. The molecule has 0 aliphatic carbocycles. The number of hydrogen-bond acceptors (Lipinski definition) is 1. The number of anilines is 1. The Morgan fingerprint density at radius 1 is 1.00 bits per heavy atom. The molecule has 0 N–H and O–H groups in total. The fourth-order valence-electron chi connectivity index (χ4n) is 2.46. The first-order valence-corrected chi connectivity index (χ1v) is 6.22. The van der Waals surface area contributed by atoms with Crippen LogP contribution in [0.3, 0.4) is 0 Å². The molecule has 0 radical (unpaired) electrons. The van der Waals surface area contributed by atoms with E-state index < -0.39 is 0 Å². The van der Waals surface area contributed by atoms with E-state index in [1.165, 1.54) is 42.7 Å². The molecule has 1 saturated heterocycles. The molecule has 2 rings (SSSR count). The van der Waals surface area contributed by atoms with Crippen LogP contribution in [-0.2, 0) is 12.8 Å². The van der Waals surface area contributed by atoms with E-state index in [0.29, 0.717) is 0 Å². The van der Waals surface area contributed by atoms with E-state index in [-0.39, 0.29) is 0 Å². The van der Waals surface area contributed by atoms with E-state index in [1.54, 1.807) is 0 Å². The van der Waals surface area contributed by atoms with E-state index in [2.05, 4.69) is 36.9 Å². The van der Waals surface area contributed by atoms with Crippen molar-refractivity contribution in [2.24, 2.45) is 0 Å². The van der Waals surface area contributed by atoms with Crippen LogP contribution in [0.1, 0.15) is 37.8 Å². The number of benzene rings is 1. The third-order valence-electron chi connectivity index (χ3n) is 3.42. The highest BCUT2D eigenvalue weighted by molar-refractivity contribution is 5.51. The largest absolute Gasteiger partial charge is 0.372 e. The van der Waals surface area contributed by atoms with Gasteiger partial charge in [-0.3, -0.25) is 0 Å². The molecule has 1 fully saturated rings. The number of aryl methyl sites for hydroxylation is 2. The summed E-state index contributed by atoms with van der Waals surface area (Å²) in [5.74, 6) is 0. The molecule has 0 bridgehead atoms. The van der Waals surface area contributed by atoms with Gasteiger partial charge >= 0.3 is 0 Å². The molecule has 1 heteroatoms. The third-order valence-corrected chi connectivity index (χ3v) is 3.42. The van der Waals surface area contributed by atoms with E-state index >= 15 is 0 Å². The summed E-state index contributed by atoms with van der Waals surface area (Å²) < 4.78 is 0. The van der Waals surface area contributed by atoms with Crippen molar-refractivity contribution in [3.63, 3.8) is 0 Å². The van der Waals surface area contributed by atoms with Crippen molar-refractivity contribution in [3.05, 3.63) is 29.3 Å². The number of hydrogen-bond donors (Lipinski definition) is 0. The highest BCUT2D eigenvalue weighted by atomic mass is 15.1. The Bertz CT molecular complexity index is 324. The predicted molar refractivity (Wildman–Crippen MR) is 66.6 cm³/mol. The molecule has 0 amide bonds. The van der Waals surface area contributed by atoms with Gasteiger partial charge in [-0.2, -0.15) is 0 Å². The molecular formula is C14H21N. The van der Waals surface area contributed by atoms with Crippen LogP contribution < -0.4 is 4.90 Å². The van der Waals surface area contributed by atoms with Gasteiger partial charge in [0.05, 0.1) is 0 Å². The van der Waals surface area contributed by atoms with Gasteiger partial charge in [0.1, 0.15) is 0 Å². The minimum Gasteiger partial charge on any atom is -0.372 e. The molecule has 1 nitrogen and oxygen atoms in total. The van der Waals surface area contributed by atoms with Gasteiger partial charge in [-0.15, -0.1) is 0 Å². The lowest BCUT2D eigenvalue weighted by molar-refractivity contribution is 0.949. The van der Waals surface area contributed by atoms with Gasteiger partial charge in [0.2, 0.25) is 0 Å². The van der Waals surface area contributed by atoms with Crippen molar-refractivity contribution in [1.82, 2.24) is 0 Å². The first kappa shape index (κ1) is 10.5.